The Kier molecular flexibility index (Phi) is 4.54. The highest BCUT2D eigenvalue weighted by Gasteiger charge is 2.27. The van der Waals surface area contributed by atoms with Gasteiger partial charge in [-0.2, -0.15) is 0 Å². The van der Waals surface area contributed by atoms with Crippen molar-refractivity contribution < 1.29 is 9.90 Å². The number of aliphatic carboxylic acids is 1. The van der Waals surface area contributed by atoms with Crippen molar-refractivity contribution in [1.82, 2.24) is 5.32 Å². The second-order valence-electron chi connectivity index (χ2n) is 4.85. The van der Waals surface area contributed by atoms with E-state index in [1.54, 1.807) is 13.8 Å². The maximum absolute atomic E-state index is 11.0. The number of carbonyl (C=O) groups is 1. The summed E-state index contributed by atoms with van der Waals surface area (Å²) in [6.07, 6.45) is 0. The lowest BCUT2D eigenvalue weighted by molar-refractivity contribution is -0.146. The predicted molar refractivity (Wildman–Crippen MR) is 69.3 cm³/mol. The number of carboxylic acid groups (broad SMARTS) is 1. The summed E-state index contributed by atoms with van der Waals surface area (Å²) in [5.74, 6) is -0.803. The second kappa shape index (κ2) is 5.52. The van der Waals surface area contributed by atoms with Crippen LogP contribution in [-0.2, 0) is 4.79 Å². The summed E-state index contributed by atoms with van der Waals surface area (Å²) >= 11 is 5.91. The van der Waals surface area contributed by atoms with Gasteiger partial charge in [0.15, 0.2) is 0 Å². The Morgan fingerprint density at radius 3 is 2.71 bits per heavy atom. The predicted octanol–water partition coefficient (Wildman–Crippen LogP) is 3.10. The zero-order valence-electron chi connectivity index (χ0n) is 10.3. The number of rotatable bonds is 5. The molecule has 94 valence electrons. The molecular formula is C13H18ClNO2. The van der Waals surface area contributed by atoms with Crippen molar-refractivity contribution in [2.45, 2.75) is 26.8 Å². The lowest BCUT2D eigenvalue weighted by atomic mass is 9.93. The van der Waals surface area contributed by atoms with Crippen molar-refractivity contribution >= 4 is 17.6 Å². The molecule has 17 heavy (non-hydrogen) atoms. The van der Waals surface area contributed by atoms with Crippen LogP contribution < -0.4 is 5.32 Å². The highest BCUT2D eigenvalue weighted by atomic mass is 35.5. The number of nitrogens with one attached hydrogen (secondary N) is 1. The normalized spacial score (nSPS) is 13.4. The first-order valence-corrected chi connectivity index (χ1v) is 5.93. The summed E-state index contributed by atoms with van der Waals surface area (Å²) in [5, 5.41) is 12.9. The quantitative estimate of drug-likeness (QED) is 0.850. The number of hydrogen-bond donors (Lipinski definition) is 2. The molecule has 0 bridgehead atoms. The summed E-state index contributed by atoms with van der Waals surface area (Å²) < 4.78 is 0. The van der Waals surface area contributed by atoms with Crippen LogP contribution in [0.3, 0.4) is 0 Å². The first-order chi connectivity index (χ1) is 7.83. The van der Waals surface area contributed by atoms with E-state index in [1.165, 1.54) is 0 Å². The lowest BCUT2D eigenvalue weighted by Gasteiger charge is -2.23. The molecule has 0 heterocycles. The second-order valence-corrected chi connectivity index (χ2v) is 5.28. The molecule has 0 aromatic heterocycles. The Labute approximate surface area is 107 Å². The van der Waals surface area contributed by atoms with Gasteiger partial charge >= 0.3 is 5.97 Å². The van der Waals surface area contributed by atoms with Crippen LogP contribution in [0.25, 0.3) is 0 Å². The van der Waals surface area contributed by atoms with Gasteiger partial charge in [0.05, 0.1) is 5.41 Å². The molecule has 0 amide bonds. The highest BCUT2D eigenvalue weighted by molar-refractivity contribution is 6.30. The Morgan fingerprint density at radius 1 is 1.53 bits per heavy atom. The van der Waals surface area contributed by atoms with Gasteiger partial charge in [-0.25, -0.2) is 0 Å². The van der Waals surface area contributed by atoms with E-state index in [9.17, 15) is 4.79 Å². The molecule has 0 spiro atoms. The number of carboxylic acids is 1. The lowest BCUT2D eigenvalue weighted by Crippen LogP contribution is -2.37. The third kappa shape index (κ3) is 4.02. The molecule has 4 heteroatoms. The summed E-state index contributed by atoms with van der Waals surface area (Å²) in [6, 6.07) is 7.63. The van der Waals surface area contributed by atoms with Crippen LogP contribution in [-0.4, -0.2) is 17.6 Å². The molecule has 0 fully saturated rings. The van der Waals surface area contributed by atoms with Crippen molar-refractivity contribution in [1.29, 1.82) is 0 Å². The number of benzene rings is 1. The van der Waals surface area contributed by atoms with Crippen LogP contribution in [0.1, 0.15) is 32.4 Å². The summed E-state index contributed by atoms with van der Waals surface area (Å²) in [5.41, 5.74) is 0.283. The smallest absolute Gasteiger partial charge is 0.310 e. The summed E-state index contributed by atoms with van der Waals surface area (Å²) in [4.78, 5) is 11.0. The maximum Gasteiger partial charge on any atom is 0.310 e. The first-order valence-electron chi connectivity index (χ1n) is 5.55. The topological polar surface area (TPSA) is 49.3 Å². The fourth-order valence-electron chi connectivity index (χ4n) is 1.38. The van der Waals surface area contributed by atoms with Crippen LogP contribution in [0, 0.1) is 5.41 Å². The van der Waals surface area contributed by atoms with Crippen molar-refractivity contribution in [3.8, 4) is 0 Å². The minimum Gasteiger partial charge on any atom is -0.481 e. The molecule has 1 unspecified atom stereocenters. The monoisotopic (exact) mass is 255 g/mol. The van der Waals surface area contributed by atoms with E-state index in [2.05, 4.69) is 5.32 Å². The summed E-state index contributed by atoms with van der Waals surface area (Å²) in [6.45, 7) is 5.81. The van der Waals surface area contributed by atoms with Crippen molar-refractivity contribution in [2.24, 2.45) is 5.41 Å². The zero-order valence-corrected chi connectivity index (χ0v) is 11.1. The molecule has 0 aliphatic carbocycles. The average Bonchev–Trinajstić information content (AvgIpc) is 2.25. The fourth-order valence-corrected chi connectivity index (χ4v) is 1.58. The van der Waals surface area contributed by atoms with Crippen LogP contribution in [0.4, 0.5) is 0 Å². The van der Waals surface area contributed by atoms with Gasteiger partial charge in [-0.15, -0.1) is 0 Å². The van der Waals surface area contributed by atoms with E-state index in [0.717, 1.165) is 5.56 Å². The van der Waals surface area contributed by atoms with E-state index < -0.39 is 11.4 Å². The molecule has 2 N–H and O–H groups in total. The molecular weight excluding hydrogens is 238 g/mol. The third-order valence-corrected chi connectivity index (χ3v) is 3.01. The van der Waals surface area contributed by atoms with Gasteiger partial charge in [0.1, 0.15) is 0 Å². The maximum atomic E-state index is 11.0. The van der Waals surface area contributed by atoms with E-state index in [4.69, 9.17) is 16.7 Å². The third-order valence-electron chi connectivity index (χ3n) is 2.78. The van der Waals surface area contributed by atoms with Crippen LogP contribution in [0.15, 0.2) is 24.3 Å². The van der Waals surface area contributed by atoms with Gasteiger partial charge in [-0.3, -0.25) is 4.79 Å². The van der Waals surface area contributed by atoms with Gasteiger partial charge in [0.25, 0.3) is 0 Å². The van der Waals surface area contributed by atoms with Gasteiger partial charge < -0.3 is 10.4 Å². The Bertz CT molecular complexity index is 404. The molecule has 0 saturated carbocycles. The molecule has 1 atom stereocenters. The van der Waals surface area contributed by atoms with Gasteiger partial charge in [-0.05, 0) is 38.5 Å². The van der Waals surface area contributed by atoms with E-state index in [1.807, 2.05) is 31.2 Å². The van der Waals surface area contributed by atoms with E-state index in [-0.39, 0.29) is 6.04 Å². The molecule has 0 radical (unpaired) electrons. The van der Waals surface area contributed by atoms with Crippen molar-refractivity contribution in [3.05, 3.63) is 34.9 Å². The zero-order chi connectivity index (χ0) is 13.1. The largest absolute Gasteiger partial charge is 0.481 e. The molecule has 1 rings (SSSR count). The van der Waals surface area contributed by atoms with Gasteiger partial charge in [0.2, 0.25) is 0 Å². The summed E-state index contributed by atoms with van der Waals surface area (Å²) in [7, 11) is 0. The van der Waals surface area contributed by atoms with Crippen LogP contribution >= 0.6 is 11.6 Å². The van der Waals surface area contributed by atoms with Crippen LogP contribution in [0.2, 0.25) is 5.02 Å². The molecule has 1 aromatic rings. The van der Waals surface area contributed by atoms with Crippen molar-refractivity contribution in [3.63, 3.8) is 0 Å². The molecule has 0 aliphatic heterocycles. The minimum absolute atomic E-state index is 0.0762. The van der Waals surface area contributed by atoms with E-state index in [0.29, 0.717) is 11.6 Å². The standard InChI is InChI=1S/C13H18ClNO2/c1-9(10-5-4-6-11(14)7-10)15-8-13(2,3)12(16)17/h4-7,9,15H,8H2,1-3H3,(H,16,17). The molecule has 1 aromatic carbocycles. The minimum atomic E-state index is -0.803. The van der Waals surface area contributed by atoms with Gasteiger partial charge in [0, 0.05) is 17.6 Å². The molecule has 0 aliphatic rings. The Hall–Kier alpha value is -1.06. The number of hydrogen-bond acceptors (Lipinski definition) is 2. The van der Waals surface area contributed by atoms with E-state index >= 15 is 0 Å². The fraction of sp³-hybridized carbons (Fsp3) is 0.462. The number of halogens is 1. The van der Waals surface area contributed by atoms with Gasteiger partial charge in [-0.1, -0.05) is 23.7 Å². The van der Waals surface area contributed by atoms with Crippen LogP contribution in [0.5, 0.6) is 0 Å². The average molecular weight is 256 g/mol. The Morgan fingerprint density at radius 2 is 2.18 bits per heavy atom. The highest BCUT2D eigenvalue weighted by Crippen LogP contribution is 2.20. The Balaban J connectivity index is 2.62. The van der Waals surface area contributed by atoms with Crippen molar-refractivity contribution in [2.75, 3.05) is 6.54 Å². The molecule has 3 nitrogen and oxygen atoms in total. The molecule has 0 saturated heterocycles. The SMILES string of the molecule is CC(NCC(C)(C)C(=O)O)c1cccc(Cl)c1. The first kappa shape index (κ1) is 14.0.